The first-order valence-electron chi connectivity index (χ1n) is 30.9. The van der Waals surface area contributed by atoms with Crippen molar-refractivity contribution in [1.29, 1.82) is 0 Å². The molecule has 9 nitrogen and oxygen atoms in total. The first-order valence-corrected chi connectivity index (χ1v) is 32.4. The SMILES string of the molecule is CC/C=C\C/C=C\C/C=C\C/C=C\C/C=C\CC(=O)OC(COC(=O)CCCCCCCCCCCCCCCCCCCCCCCC/C=C\C/C=C\C/C=C\CCCCCCC)COP(=O)([O-])OCC[N+](C)(C)C. The summed E-state index contributed by atoms with van der Waals surface area (Å²) in [6, 6.07) is 0. The van der Waals surface area contributed by atoms with Gasteiger partial charge in [-0.1, -0.05) is 265 Å². The Labute approximate surface area is 468 Å². The fourth-order valence-electron chi connectivity index (χ4n) is 8.39. The average Bonchev–Trinajstić information content (AvgIpc) is 3.38. The van der Waals surface area contributed by atoms with Gasteiger partial charge in [-0.15, -0.1) is 0 Å². The first kappa shape index (κ1) is 72.9. The number of esters is 2. The molecule has 0 radical (unpaired) electrons. The van der Waals surface area contributed by atoms with E-state index in [1.807, 2.05) is 33.3 Å². The highest BCUT2D eigenvalue weighted by atomic mass is 31.2. The highest BCUT2D eigenvalue weighted by Crippen LogP contribution is 2.38. The van der Waals surface area contributed by atoms with Crippen LogP contribution in [0.3, 0.4) is 0 Å². The van der Waals surface area contributed by atoms with E-state index in [1.54, 1.807) is 6.08 Å². The molecular formula is C66H116NO8P. The van der Waals surface area contributed by atoms with Crippen LogP contribution in [-0.2, 0) is 32.7 Å². The fourth-order valence-corrected chi connectivity index (χ4v) is 9.12. The molecule has 0 aromatic carbocycles. The number of nitrogens with zero attached hydrogens (tertiary/aromatic N) is 1. The minimum Gasteiger partial charge on any atom is -0.756 e. The van der Waals surface area contributed by atoms with E-state index in [0.717, 1.165) is 57.8 Å². The molecule has 0 spiro atoms. The second-order valence-electron chi connectivity index (χ2n) is 21.7. The summed E-state index contributed by atoms with van der Waals surface area (Å²) in [7, 11) is 1.11. The van der Waals surface area contributed by atoms with E-state index in [2.05, 4.69) is 92.8 Å². The first-order chi connectivity index (χ1) is 37.0. The zero-order valence-electron chi connectivity index (χ0n) is 49.7. The van der Waals surface area contributed by atoms with Crippen molar-refractivity contribution in [2.45, 2.75) is 264 Å². The molecule has 0 aromatic heterocycles. The van der Waals surface area contributed by atoms with E-state index in [0.29, 0.717) is 17.4 Å². The lowest BCUT2D eigenvalue weighted by Gasteiger charge is -2.28. The van der Waals surface area contributed by atoms with Crippen LogP contribution >= 0.6 is 7.82 Å². The standard InChI is InChI=1S/C66H116NO8P/c1-6-8-10-12-14-16-18-20-22-23-24-25-26-27-28-29-30-31-32-33-34-35-36-37-38-39-40-41-42-43-45-46-48-50-52-54-56-58-65(68)72-62-64(63-74-76(70,71)73-61-60-67(3,4)5)75-66(69)59-57-55-53-51-49-47-44-21-19-17-15-13-11-9-7-2/h9,11,15,17-18,20-21,23-24,26-27,44,49,51,55,57,64H,6-8,10,12-14,16,19,22,25,28-43,45-48,50,52-54,56,58-63H2,1-5H3/b11-9-,17-15-,20-18-,24-23-,27-26-,44-21-,51-49-,57-55-. The molecule has 2 atom stereocenters. The molecule has 2 unspecified atom stereocenters. The molecule has 0 saturated carbocycles. The van der Waals surface area contributed by atoms with Gasteiger partial charge in [0.15, 0.2) is 6.10 Å². The molecule has 0 aliphatic heterocycles. The molecule has 0 amide bonds. The van der Waals surface area contributed by atoms with E-state index in [4.69, 9.17) is 18.5 Å². The lowest BCUT2D eigenvalue weighted by Crippen LogP contribution is -2.37. The van der Waals surface area contributed by atoms with Crippen molar-refractivity contribution in [3.8, 4) is 0 Å². The summed E-state index contributed by atoms with van der Waals surface area (Å²) in [6.07, 6.45) is 78.2. The van der Waals surface area contributed by atoms with Gasteiger partial charge < -0.3 is 27.9 Å². The maximum Gasteiger partial charge on any atom is 0.310 e. The molecule has 0 rings (SSSR count). The van der Waals surface area contributed by atoms with Crippen LogP contribution in [0.1, 0.15) is 258 Å². The highest BCUT2D eigenvalue weighted by molar-refractivity contribution is 7.45. The monoisotopic (exact) mass is 1080 g/mol. The minimum atomic E-state index is -4.66. The van der Waals surface area contributed by atoms with Gasteiger partial charge in [-0.2, -0.15) is 0 Å². The highest BCUT2D eigenvalue weighted by Gasteiger charge is 2.21. The third-order valence-electron chi connectivity index (χ3n) is 13.1. The van der Waals surface area contributed by atoms with Gasteiger partial charge in [0.2, 0.25) is 0 Å². The number of rotatable bonds is 56. The maximum absolute atomic E-state index is 12.7. The summed E-state index contributed by atoms with van der Waals surface area (Å²) in [5.74, 6) is -0.979. The number of unbranched alkanes of at least 4 members (excludes halogenated alkanes) is 27. The molecule has 0 aromatic rings. The van der Waals surface area contributed by atoms with Crippen LogP contribution in [-0.4, -0.2) is 70.0 Å². The number of phosphoric acid groups is 1. The van der Waals surface area contributed by atoms with Crippen molar-refractivity contribution in [1.82, 2.24) is 0 Å². The average molecular weight is 1080 g/mol. The van der Waals surface area contributed by atoms with Crippen LogP contribution in [0.2, 0.25) is 0 Å². The van der Waals surface area contributed by atoms with Gasteiger partial charge in [-0.25, -0.2) is 0 Å². The molecule has 0 N–H and O–H groups in total. The quantitative estimate of drug-likeness (QED) is 0.0195. The van der Waals surface area contributed by atoms with E-state index >= 15 is 0 Å². The van der Waals surface area contributed by atoms with Crippen molar-refractivity contribution in [3.05, 3.63) is 97.2 Å². The second-order valence-corrected chi connectivity index (χ2v) is 23.1. The smallest absolute Gasteiger partial charge is 0.310 e. The number of likely N-dealkylation sites (N-methyl/N-ethyl adjacent to an activating group) is 1. The summed E-state index contributed by atoms with van der Waals surface area (Å²) >= 11 is 0. The van der Waals surface area contributed by atoms with Gasteiger partial charge in [-0.3, -0.25) is 14.2 Å². The summed E-state index contributed by atoms with van der Waals surface area (Å²) in [5.41, 5.74) is 0. The molecule has 438 valence electrons. The fraction of sp³-hybridized carbons (Fsp3) is 0.727. The van der Waals surface area contributed by atoms with Crippen LogP contribution < -0.4 is 4.89 Å². The van der Waals surface area contributed by atoms with Crippen molar-refractivity contribution in [2.24, 2.45) is 0 Å². The Kier molecular flexibility index (Phi) is 54.4. The predicted molar refractivity (Wildman–Crippen MR) is 323 cm³/mol. The van der Waals surface area contributed by atoms with Gasteiger partial charge in [0, 0.05) is 6.42 Å². The number of hydrogen-bond acceptors (Lipinski definition) is 8. The molecule has 10 heteroatoms. The lowest BCUT2D eigenvalue weighted by atomic mass is 10.0. The minimum absolute atomic E-state index is 0.00959. The topological polar surface area (TPSA) is 111 Å². The lowest BCUT2D eigenvalue weighted by molar-refractivity contribution is -0.870. The molecule has 0 saturated heterocycles. The van der Waals surface area contributed by atoms with Crippen LogP contribution in [0.4, 0.5) is 0 Å². The predicted octanol–water partition coefficient (Wildman–Crippen LogP) is 19.0. The molecule has 0 aliphatic carbocycles. The third kappa shape index (κ3) is 60.2. The van der Waals surface area contributed by atoms with Gasteiger partial charge in [-0.05, 0) is 77.0 Å². The van der Waals surface area contributed by atoms with Gasteiger partial charge in [0.05, 0.1) is 34.2 Å². The summed E-state index contributed by atoms with van der Waals surface area (Å²) in [6.45, 7) is 4.00. The number of quaternary nitrogens is 1. The van der Waals surface area contributed by atoms with E-state index < -0.39 is 32.5 Å². The Hall–Kier alpha value is -3.07. The zero-order chi connectivity index (χ0) is 55.6. The Balaban J connectivity index is 3.99. The molecule has 0 heterocycles. The van der Waals surface area contributed by atoms with Gasteiger partial charge in [0.1, 0.15) is 19.8 Å². The van der Waals surface area contributed by atoms with E-state index in [1.165, 1.54) is 167 Å². The summed E-state index contributed by atoms with van der Waals surface area (Å²) in [5, 5.41) is 0. The summed E-state index contributed by atoms with van der Waals surface area (Å²) < 4.78 is 34.0. The van der Waals surface area contributed by atoms with E-state index in [9.17, 15) is 19.0 Å². The van der Waals surface area contributed by atoms with Crippen LogP contribution in [0.25, 0.3) is 0 Å². The Morgan fingerprint density at radius 1 is 0.434 bits per heavy atom. The van der Waals surface area contributed by atoms with E-state index in [-0.39, 0.29) is 26.1 Å². The third-order valence-corrected chi connectivity index (χ3v) is 14.1. The summed E-state index contributed by atoms with van der Waals surface area (Å²) in [4.78, 5) is 37.7. The van der Waals surface area contributed by atoms with Gasteiger partial charge >= 0.3 is 11.9 Å². The Morgan fingerprint density at radius 3 is 1.18 bits per heavy atom. The second kappa shape index (κ2) is 56.6. The molecule has 0 fully saturated rings. The molecular weight excluding hydrogens is 966 g/mol. The molecule has 76 heavy (non-hydrogen) atoms. The van der Waals surface area contributed by atoms with Crippen molar-refractivity contribution < 1.29 is 42.1 Å². The zero-order valence-corrected chi connectivity index (χ0v) is 50.6. The van der Waals surface area contributed by atoms with Crippen molar-refractivity contribution in [3.63, 3.8) is 0 Å². The number of ether oxygens (including phenoxy) is 2. The largest absolute Gasteiger partial charge is 0.756 e. The van der Waals surface area contributed by atoms with Crippen LogP contribution in [0.15, 0.2) is 97.2 Å². The Bertz CT molecular complexity index is 1600. The van der Waals surface area contributed by atoms with Crippen LogP contribution in [0, 0.1) is 0 Å². The van der Waals surface area contributed by atoms with Crippen molar-refractivity contribution in [2.75, 3.05) is 47.5 Å². The normalized spacial score (nSPS) is 13.9. The number of carbonyl (C=O) groups is 2. The maximum atomic E-state index is 12.7. The van der Waals surface area contributed by atoms with Crippen molar-refractivity contribution >= 4 is 19.8 Å². The van der Waals surface area contributed by atoms with Crippen LogP contribution in [0.5, 0.6) is 0 Å². The van der Waals surface area contributed by atoms with Gasteiger partial charge in [0.25, 0.3) is 7.82 Å². The molecule has 0 aliphatic rings. The number of hydrogen-bond donors (Lipinski definition) is 0. The number of phosphoric ester groups is 1. The Morgan fingerprint density at radius 2 is 0.789 bits per heavy atom. The number of allylic oxidation sites excluding steroid dienone is 15. The number of carbonyl (C=O) groups excluding carboxylic acids is 2. The molecule has 0 bridgehead atoms.